The summed E-state index contributed by atoms with van der Waals surface area (Å²) in [5.74, 6) is 27.2. The van der Waals surface area contributed by atoms with Gasteiger partial charge in [0.25, 0.3) is 0 Å². The molecule has 0 spiro atoms. The number of rotatable bonds is 24. The number of benzene rings is 2. The molecule has 6 nitrogen and oxygen atoms in total. The molecule has 60 heavy (non-hydrogen) atoms. The van der Waals surface area contributed by atoms with Crippen molar-refractivity contribution in [2.45, 2.75) is 130 Å². The summed E-state index contributed by atoms with van der Waals surface area (Å²) in [7, 11) is 0. The van der Waals surface area contributed by atoms with Crippen LogP contribution in [-0.4, -0.2) is 26.2 Å². The largest absolute Gasteiger partial charge is 0.372 e. The molecule has 0 saturated heterocycles. The van der Waals surface area contributed by atoms with Crippen molar-refractivity contribution in [1.29, 1.82) is 21.0 Å². The molecule has 0 aliphatic carbocycles. The lowest BCUT2D eigenvalue weighted by Crippen LogP contribution is -2.25. The van der Waals surface area contributed by atoms with Crippen molar-refractivity contribution in [1.82, 2.24) is 0 Å². The molecule has 306 valence electrons. The fourth-order valence-corrected chi connectivity index (χ4v) is 6.57. The second kappa shape index (κ2) is 32.3. The Balaban J connectivity index is 2.27. The molecule has 2 rings (SSSR count). The Kier molecular flexibility index (Phi) is 26.6. The highest BCUT2D eigenvalue weighted by Gasteiger charge is 2.19. The molecule has 0 saturated carbocycles. The zero-order chi connectivity index (χ0) is 43.5. The SMILES string of the molecule is CCCCCCN(CCCCCC)c1ccc(C#CC#CC#CC#CC#CC(=C(C#N)C#N)C(=C(C#N)C#N)c2ccc(N(CCCCCC)CCCCCC)cc2)cc1. The quantitative estimate of drug-likeness (QED) is 0.0454. The summed E-state index contributed by atoms with van der Waals surface area (Å²) in [6, 6.07) is 23.5. The topological polar surface area (TPSA) is 102 Å². The molecule has 0 heterocycles. The third-order valence-corrected chi connectivity index (χ3v) is 9.91. The average molecular weight is 793 g/mol. The van der Waals surface area contributed by atoms with Crippen LogP contribution in [0, 0.1) is 105 Å². The lowest BCUT2D eigenvalue weighted by atomic mass is 9.90. The molecule has 0 amide bonds. The summed E-state index contributed by atoms with van der Waals surface area (Å²) in [6.07, 6.45) is 19.2. The Bertz CT molecular complexity index is 2130. The second-order valence-corrected chi connectivity index (χ2v) is 14.5. The van der Waals surface area contributed by atoms with Gasteiger partial charge in [-0.3, -0.25) is 0 Å². The van der Waals surface area contributed by atoms with Crippen LogP contribution in [0.3, 0.4) is 0 Å². The van der Waals surface area contributed by atoms with Gasteiger partial charge in [0.05, 0.1) is 5.57 Å². The molecule has 0 unspecified atom stereocenters. The highest BCUT2D eigenvalue weighted by Crippen LogP contribution is 2.31. The number of anilines is 2. The Hall–Kier alpha value is -6.72. The predicted octanol–water partition coefficient (Wildman–Crippen LogP) is 11.8. The number of nitriles is 4. The summed E-state index contributed by atoms with van der Waals surface area (Å²) in [6.45, 7) is 12.9. The van der Waals surface area contributed by atoms with E-state index in [0.717, 1.165) is 50.3 Å². The fraction of sp³-hybridized carbons (Fsp3) is 0.444. The van der Waals surface area contributed by atoms with E-state index in [2.05, 4.69) is 109 Å². The molecule has 0 bridgehead atoms. The zero-order valence-corrected chi connectivity index (χ0v) is 36.4. The number of hydrogen-bond donors (Lipinski definition) is 0. The molecule has 0 N–H and O–H groups in total. The van der Waals surface area contributed by atoms with Crippen molar-refractivity contribution >= 4 is 16.9 Å². The maximum absolute atomic E-state index is 9.92. The number of allylic oxidation sites excluding steroid dienone is 4. The van der Waals surface area contributed by atoms with Crippen molar-refractivity contribution in [3.05, 3.63) is 76.4 Å². The van der Waals surface area contributed by atoms with Gasteiger partial charge in [0, 0.05) is 48.7 Å². The van der Waals surface area contributed by atoms with Gasteiger partial charge in [-0.1, -0.05) is 123 Å². The third kappa shape index (κ3) is 19.1. The molecule has 0 fully saturated rings. The van der Waals surface area contributed by atoms with Gasteiger partial charge < -0.3 is 9.80 Å². The second-order valence-electron chi connectivity index (χ2n) is 14.5. The van der Waals surface area contributed by atoms with Crippen LogP contribution in [0.5, 0.6) is 0 Å². The fourth-order valence-electron chi connectivity index (χ4n) is 6.57. The molecular weight excluding hydrogens is 733 g/mol. The van der Waals surface area contributed by atoms with Crippen molar-refractivity contribution in [2.75, 3.05) is 36.0 Å². The minimum atomic E-state index is -0.327. The number of unbranched alkanes of at least 4 members (excludes halogenated alkanes) is 12. The van der Waals surface area contributed by atoms with Crippen LogP contribution in [0.2, 0.25) is 0 Å². The van der Waals surface area contributed by atoms with E-state index in [1.807, 2.05) is 60.7 Å². The van der Waals surface area contributed by atoms with Gasteiger partial charge in [0.15, 0.2) is 0 Å². The third-order valence-electron chi connectivity index (χ3n) is 9.91. The van der Waals surface area contributed by atoms with Crippen LogP contribution in [-0.2, 0) is 0 Å². The smallest absolute Gasteiger partial charge is 0.145 e. The molecule has 0 aromatic heterocycles. The Labute approximate surface area is 363 Å². The molecule has 0 radical (unpaired) electrons. The Morgan fingerprint density at radius 3 is 1.17 bits per heavy atom. The van der Waals surface area contributed by atoms with E-state index in [4.69, 9.17) is 0 Å². The standard InChI is InChI=1S/C54H60N6/c1-5-9-13-25-39-59(40-26-14-10-6-2)51-35-31-47(32-36-51)29-23-21-19-17-18-20-22-24-30-53(49(43-55)44-56)54(50(45-57)46-58)48-33-37-52(38-34-48)60(41-27-15-11-7-3)42-28-16-12-8-4/h31-38H,5-16,25-28,39-42H2,1-4H3. The van der Waals surface area contributed by atoms with E-state index in [1.165, 1.54) is 95.6 Å². The molecule has 2 aromatic carbocycles. The lowest BCUT2D eigenvalue weighted by molar-refractivity contribution is 0.609. The highest BCUT2D eigenvalue weighted by atomic mass is 15.1. The van der Waals surface area contributed by atoms with Crippen molar-refractivity contribution in [3.63, 3.8) is 0 Å². The minimum absolute atomic E-state index is 0.0427. The lowest BCUT2D eigenvalue weighted by Gasteiger charge is -2.25. The number of hydrogen-bond acceptors (Lipinski definition) is 6. The van der Waals surface area contributed by atoms with Gasteiger partial charge in [-0.25, -0.2) is 0 Å². The number of nitrogens with zero attached hydrogens (tertiary/aromatic N) is 6. The van der Waals surface area contributed by atoms with E-state index in [-0.39, 0.29) is 22.3 Å². The van der Waals surface area contributed by atoms with Crippen LogP contribution >= 0.6 is 0 Å². The maximum Gasteiger partial charge on any atom is 0.145 e. The molecule has 0 atom stereocenters. The Morgan fingerprint density at radius 1 is 0.417 bits per heavy atom. The van der Waals surface area contributed by atoms with Crippen LogP contribution in [0.15, 0.2) is 65.3 Å². The summed E-state index contributed by atoms with van der Waals surface area (Å²) >= 11 is 0. The van der Waals surface area contributed by atoms with E-state index < -0.39 is 0 Å². The Morgan fingerprint density at radius 2 is 0.783 bits per heavy atom. The first-order chi connectivity index (χ1) is 29.5. The molecule has 0 aliphatic heterocycles. The van der Waals surface area contributed by atoms with Crippen LogP contribution in [0.25, 0.3) is 5.57 Å². The summed E-state index contributed by atoms with van der Waals surface area (Å²) < 4.78 is 0. The van der Waals surface area contributed by atoms with Gasteiger partial charge in [0.2, 0.25) is 0 Å². The van der Waals surface area contributed by atoms with Crippen LogP contribution in [0.1, 0.15) is 142 Å². The van der Waals surface area contributed by atoms with Crippen LogP contribution in [0.4, 0.5) is 11.4 Å². The van der Waals surface area contributed by atoms with Gasteiger partial charge in [0.1, 0.15) is 35.4 Å². The van der Waals surface area contributed by atoms with E-state index in [1.54, 1.807) is 0 Å². The van der Waals surface area contributed by atoms with E-state index in [9.17, 15) is 21.0 Å². The van der Waals surface area contributed by atoms with E-state index >= 15 is 0 Å². The van der Waals surface area contributed by atoms with Crippen molar-refractivity contribution < 1.29 is 0 Å². The van der Waals surface area contributed by atoms with Gasteiger partial charge in [-0.2, -0.15) is 21.0 Å². The van der Waals surface area contributed by atoms with E-state index in [0.29, 0.717) is 5.56 Å². The van der Waals surface area contributed by atoms with Crippen LogP contribution < -0.4 is 9.80 Å². The van der Waals surface area contributed by atoms with Gasteiger partial charge in [-0.05, 0) is 121 Å². The zero-order valence-electron chi connectivity index (χ0n) is 36.4. The maximum atomic E-state index is 9.92. The predicted molar refractivity (Wildman–Crippen MR) is 248 cm³/mol. The molecule has 2 aromatic rings. The van der Waals surface area contributed by atoms with Gasteiger partial charge in [-0.15, -0.1) is 0 Å². The van der Waals surface area contributed by atoms with Crippen molar-refractivity contribution in [2.24, 2.45) is 0 Å². The average Bonchev–Trinajstić information content (AvgIpc) is 3.28. The van der Waals surface area contributed by atoms with Crippen molar-refractivity contribution in [3.8, 4) is 83.5 Å². The molecule has 0 aliphatic rings. The molecule has 6 heteroatoms. The monoisotopic (exact) mass is 792 g/mol. The van der Waals surface area contributed by atoms with Gasteiger partial charge >= 0.3 is 0 Å². The summed E-state index contributed by atoms with van der Waals surface area (Å²) in [4.78, 5) is 4.88. The molecular formula is C54H60N6. The highest BCUT2D eigenvalue weighted by molar-refractivity contribution is 5.92. The normalized spacial score (nSPS) is 9.27. The first-order valence-electron chi connectivity index (χ1n) is 21.8. The summed E-state index contributed by atoms with van der Waals surface area (Å²) in [5, 5.41) is 39.5. The first-order valence-corrected chi connectivity index (χ1v) is 21.8. The first kappa shape index (κ1) is 49.4. The minimum Gasteiger partial charge on any atom is -0.372 e. The summed E-state index contributed by atoms with van der Waals surface area (Å²) in [5.41, 5.74) is 3.13.